The van der Waals surface area contributed by atoms with Gasteiger partial charge in [-0.15, -0.1) is 0 Å². The van der Waals surface area contributed by atoms with Gasteiger partial charge in [-0.3, -0.25) is 4.79 Å². The zero-order valence-electron chi connectivity index (χ0n) is 12.4. The summed E-state index contributed by atoms with van der Waals surface area (Å²) in [6.07, 6.45) is 6.65. The zero-order chi connectivity index (χ0) is 13.8. The fourth-order valence-corrected chi connectivity index (χ4v) is 3.42. The van der Waals surface area contributed by atoms with Gasteiger partial charge in [0, 0.05) is 18.0 Å². The maximum Gasteiger partial charge on any atom is 0.223 e. The Labute approximate surface area is 117 Å². The maximum atomic E-state index is 12.3. The summed E-state index contributed by atoms with van der Waals surface area (Å²) in [5.41, 5.74) is 6.03. The Bertz CT molecular complexity index is 300. The second kappa shape index (κ2) is 6.71. The molecular formula is C15H29N3O. The van der Waals surface area contributed by atoms with Gasteiger partial charge in [0.15, 0.2) is 0 Å². The van der Waals surface area contributed by atoms with E-state index in [4.69, 9.17) is 5.73 Å². The predicted octanol–water partition coefficient (Wildman–Crippen LogP) is 1.35. The van der Waals surface area contributed by atoms with Crippen molar-refractivity contribution in [2.45, 2.75) is 57.5 Å². The van der Waals surface area contributed by atoms with E-state index >= 15 is 0 Å². The number of nitrogens with two attached hydrogens (primary N) is 1. The van der Waals surface area contributed by atoms with E-state index in [-0.39, 0.29) is 11.8 Å². The maximum absolute atomic E-state index is 12.3. The molecule has 1 amide bonds. The first kappa shape index (κ1) is 14.8. The van der Waals surface area contributed by atoms with Crippen LogP contribution in [0.4, 0.5) is 0 Å². The van der Waals surface area contributed by atoms with Gasteiger partial charge in [0.05, 0.1) is 0 Å². The van der Waals surface area contributed by atoms with Gasteiger partial charge in [0.1, 0.15) is 0 Å². The third kappa shape index (κ3) is 4.18. The molecular weight excluding hydrogens is 238 g/mol. The minimum absolute atomic E-state index is 0.117. The molecule has 2 rings (SSSR count). The third-order valence-electron chi connectivity index (χ3n) is 4.94. The zero-order valence-corrected chi connectivity index (χ0v) is 12.4. The standard InChI is InChI=1S/C15H29N3O/c1-11(12-4-3-5-13(16)10-12)15(19)17-14-6-8-18(2)9-7-14/h11-14H,3-10,16H2,1-2H3,(H,17,19). The van der Waals surface area contributed by atoms with Crippen molar-refractivity contribution in [1.82, 2.24) is 10.2 Å². The van der Waals surface area contributed by atoms with Crippen LogP contribution in [-0.4, -0.2) is 43.0 Å². The average molecular weight is 267 g/mol. The molecule has 1 saturated heterocycles. The molecule has 1 aliphatic heterocycles. The highest BCUT2D eigenvalue weighted by Crippen LogP contribution is 2.29. The number of likely N-dealkylation sites (tertiary alicyclic amines) is 1. The van der Waals surface area contributed by atoms with Crippen molar-refractivity contribution in [3.63, 3.8) is 0 Å². The molecule has 3 unspecified atom stereocenters. The molecule has 0 spiro atoms. The minimum Gasteiger partial charge on any atom is -0.353 e. The van der Waals surface area contributed by atoms with Crippen molar-refractivity contribution in [3.8, 4) is 0 Å². The molecule has 3 N–H and O–H groups in total. The van der Waals surface area contributed by atoms with Crippen LogP contribution >= 0.6 is 0 Å². The molecule has 1 saturated carbocycles. The number of piperidine rings is 1. The normalized spacial score (nSPS) is 31.9. The minimum atomic E-state index is 0.117. The molecule has 110 valence electrons. The Hall–Kier alpha value is -0.610. The molecule has 0 aromatic heterocycles. The summed E-state index contributed by atoms with van der Waals surface area (Å²) in [5.74, 6) is 0.842. The lowest BCUT2D eigenvalue weighted by Gasteiger charge is -2.33. The van der Waals surface area contributed by atoms with Gasteiger partial charge in [-0.2, -0.15) is 0 Å². The molecule has 19 heavy (non-hydrogen) atoms. The lowest BCUT2D eigenvalue weighted by Crippen LogP contribution is -2.46. The number of nitrogens with one attached hydrogen (secondary N) is 1. The van der Waals surface area contributed by atoms with Crippen molar-refractivity contribution >= 4 is 5.91 Å². The van der Waals surface area contributed by atoms with Gasteiger partial charge in [-0.05, 0) is 58.2 Å². The molecule has 3 atom stereocenters. The third-order valence-corrected chi connectivity index (χ3v) is 4.94. The van der Waals surface area contributed by atoms with Crippen LogP contribution in [0.2, 0.25) is 0 Å². The first-order chi connectivity index (χ1) is 9.06. The van der Waals surface area contributed by atoms with E-state index in [9.17, 15) is 4.79 Å². The summed E-state index contributed by atoms with van der Waals surface area (Å²) < 4.78 is 0. The van der Waals surface area contributed by atoms with Crippen LogP contribution in [0.1, 0.15) is 45.4 Å². The smallest absolute Gasteiger partial charge is 0.223 e. The van der Waals surface area contributed by atoms with Gasteiger partial charge < -0.3 is 16.0 Å². The van der Waals surface area contributed by atoms with Gasteiger partial charge in [-0.25, -0.2) is 0 Å². The molecule has 2 aliphatic rings. The summed E-state index contributed by atoms with van der Waals surface area (Å²) in [4.78, 5) is 14.7. The quantitative estimate of drug-likeness (QED) is 0.811. The average Bonchev–Trinajstić information content (AvgIpc) is 2.40. The van der Waals surface area contributed by atoms with E-state index < -0.39 is 0 Å². The Morgan fingerprint density at radius 2 is 1.95 bits per heavy atom. The second-order valence-corrected chi connectivity index (χ2v) is 6.56. The Morgan fingerprint density at radius 3 is 2.58 bits per heavy atom. The number of amides is 1. The summed E-state index contributed by atoms with van der Waals surface area (Å²) in [5, 5.41) is 3.24. The molecule has 0 radical (unpaired) electrons. The highest BCUT2D eigenvalue weighted by atomic mass is 16.1. The number of carbonyl (C=O) groups is 1. The fourth-order valence-electron chi connectivity index (χ4n) is 3.42. The van der Waals surface area contributed by atoms with Gasteiger partial charge >= 0.3 is 0 Å². The van der Waals surface area contributed by atoms with E-state index in [0.29, 0.717) is 18.0 Å². The van der Waals surface area contributed by atoms with Crippen molar-refractivity contribution in [2.24, 2.45) is 17.6 Å². The Kier molecular flexibility index (Phi) is 5.22. The van der Waals surface area contributed by atoms with Crippen LogP contribution in [-0.2, 0) is 4.79 Å². The second-order valence-electron chi connectivity index (χ2n) is 6.56. The molecule has 1 aliphatic carbocycles. The highest BCUT2D eigenvalue weighted by molar-refractivity contribution is 5.78. The molecule has 2 fully saturated rings. The number of hydrogen-bond donors (Lipinski definition) is 2. The monoisotopic (exact) mass is 267 g/mol. The SMILES string of the molecule is CC(C(=O)NC1CCN(C)CC1)C1CCCC(N)C1. The lowest BCUT2D eigenvalue weighted by atomic mass is 9.78. The van der Waals surface area contributed by atoms with Gasteiger partial charge in [0.25, 0.3) is 0 Å². The van der Waals surface area contributed by atoms with Crippen LogP contribution < -0.4 is 11.1 Å². The molecule has 0 bridgehead atoms. The number of rotatable bonds is 3. The van der Waals surface area contributed by atoms with Gasteiger partial charge in [0.2, 0.25) is 5.91 Å². The van der Waals surface area contributed by atoms with E-state index in [0.717, 1.165) is 45.2 Å². The van der Waals surface area contributed by atoms with E-state index in [2.05, 4.69) is 24.2 Å². The Morgan fingerprint density at radius 1 is 1.26 bits per heavy atom. The first-order valence-corrected chi connectivity index (χ1v) is 7.80. The van der Waals surface area contributed by atoms with E-state index in [1.807, 2.05) is 0 Å². The van der Waals surface area contributed by atoms with E-state index in [1.54, 1.807) is 0 Å². The van der Waals surface area contributed by atoms with Crippen molar-refractivity contribution in [3.05, 3.63) is 0 Å². The summed E-state index contributed by atoms with van der Waals surface area (Å²) >= 11 is 0. The van der Waals surface area contributed by atoms with E-state index in [1.165, 1.54) is 6.42 Å². The van der Waals surface area contributed by atoms with Crippen LogP contribution in [0.15, 0.2) is 0 Å². The number of carbonyl (C=O) groups excluding carboxylic acids is 1. The molecule has 1 heterocycles. The van der Waals surface area contributed by atoms with Crippen molar-refractivity contribution in [2.75, 3.05) is 20.1 Å². The summed E-state index contributed by atoms with van der Waals surface area (Å²) in [6.45, 7) is 4.26. The van der Waals surface area contributed by atoms with Crippen molar-refractivity contribution < 1.29 is 4.79 Å². The topological polar surface area (TPSA) is 58.4 Å². The number of hydrogen-bond acceptors (Lipinski definition) is 3. The highest BCUT2D eigenvalue weighted by Gasteiger charge is 2.30. The van der Waals surface area contributed by atoms with Crippen molar-refractivity contribution in [1.29, 1.82) is 0 Å². The van der Waals surface area contributed by atoms with Crippen LogP contribution in [0.25, 0.3) is 0 Å². The molecule has 0 aromatic carbocycles. The van der Waals surface area contributed by atoms with Crippen LogP contribution in [0.5, 0.6) is 0 Å². The molecule has 4 heteroatoms. The van der Waals surface area contributed by atoms with Gasteiger partial charge in [-0.1, -0.05) is 13.3 Å². The number of nitrogens with zero attached hydrogens (tertiary/aromatic N) is 1. The molecule has 4 nitrogen and oxygen atoms in total. The fraction of sp³-hybridized carbons (Fsp3) is 0.933. The largest absolute Gasteiger partial charge is 0.353 e. The summed E-state index contributed by atoms with van der Waals surface area (Å²) in [6, 6.07) is 0.681. The van der Waals surface area contributed by atoms with Crippen LogP contribution in [0, 0.1) is 11.8 Å². The first-order valence-electron chi connectivity index (χ1n) is 7.80. The summed E-state index contributed by atoms with van der Waals surface area (Å²) in [7, 11) is 2.14. The predicted molar refractivity (Wildman–Crippen MR) is 77.8 cm³/mol. The lowest BCUT2D eigenvalue weighted by molar-refractivity contribution is -0.127. The van der Waals surface area contributed by atoms with Crippen LogP contribution in [0.3, 0.4) is 0 Å². The molecule has 0 aromatic rings. The Balaban J connectivity index is 1.78.